The van der Waals surface area contributed by atoms with Crippen LogP contribution in [-0.4, -0.2) is 32.7 Å². The van der Waals surface area contributed by atoms with Gasteiger partial charge in [-0.3, -0.25) is 14.6 Å². The lowest BCUT2D eigenvalue weighted by Crippen LogP contribution is -2.19. The number of rotatable bonds is 2. The van der Waals surface area contributed by atoms with Crippen LogP contribution < -0.4 is 10.9 Å². The number of carbonyl (C=O) groups excluding carboxylic acids is 1. The largest absolute Gasteiger partial charge is 0.355 e. The maximum atomic E-state index is 11.6. The summed E-state index contributed by atoms with van der Waals surface area (Å²) in [6.45, 7) is 3.46. The second-order valence-corrected chi connectivity index (χ2v) is 3.84. The van der Waals surface area contributed by atoms with Gasteiger partial charge in [0.05, 0.1) is 17.5 Å². The van der Waals surface area contributed by atoms with Crippen molar-refractivity contribution in [3.05, 3.63) is 39.6 Å². The van der Waals surface area contributed by atoms with Crippen molar-refractivity contribution in [2.45, 2.75) is 13.8 Å². The minimum atomic E-state index is -0.256. The van der Waals surface area contributed by atoms with Gasteiger partial charge in [0.1, 0.15) is 0 Å². The summed E-state index contributed by atoms with van der Waals surface area (Å²) < 4.78 is 1.43. The fraction of sp³-hybridized carbons (Fsp3) is 0.273. The van der Waals surface area contributed by atoms with Crippen molar-refractivity contribution in [1.82, 2.24) is 25.1 Å². The highest BCUT2D eigenvalue weighted by Crippen LogP contribution is 2.10. The summed E-state index contributed by atoms with van der Waals surface area (Å²) in [4.78, 5) is 29.7. The van der Waals surface area contributed by atoms with Gasteiger partial charge < -0.3 is 5.32 Å². The van der Waals surface area contributed by atoms with Gasteiger partial charge in [-0.1, -0.05) is 0 Å². The zero-order valence-corrected chi connectivity index (χ0v) is 10.3. The first kappa shape index (κ1) is 12.0. The van der Waals surface area contributed by atoms with Crippen LogP contribution in [0, 0.1) is 13.8 Å². The van der Waals surface area contributed by atoms with Gasteiger partial charge in [0.15, 0.2) is 0 Å². The summed E-state index contributed by atoms with van der Waals surface area (Å²) in [5, 5.41) is 6.59. The van der Waals surface area contributed by atoms with Crippen LogP contribution in [0.2, 0.25) is 0 Å². The maximum absolute atomic E-state index is 11.6. The molecule has 0 fully saturated rings. The molecule has 0 saturated carbocycles. The smallest absolute Gasteiger partial charge is 0.254 e. The highest BCUT2D eigenvalue weighted by atomic mass is 16.1. The van der Waals surface area contributed by atoms with Crippen molar-refractivity contribution in [1.29, 1.82) is 0 Å². The van der Waals surface area contributed by atoms with Gasteiger partial charge in [-0.2, -0.15) is 5.10 Å². The monoisotopic (exact) mass is 247 g/mol. The lowest BCUT2D eigenvalue weighted by atomic mass is 10.2. The number of hydrogen-bond acceptors (Lipinski definition) is 4. The number of nitrogens with one attached hydrogen (secondary N) is 2. The molecule has 0 aliphatic heterocycles. The van der Waals surface area contributed by atoms with Crippen molar-refractivity contribution in [3.8, 4) is 5.95 Å². The van der Waals surface area contributed by atoms with Crippen molar-refractivity contribution < 1.29 is 4.79 Å². The zero-order valence-electron chi connectivity index (χ0n) is 10.3. The Morgan fingerprint density at radius 3 is 2.78 bits per heavy atom. The van der Waals surface area contributed by atoms with E-state index in [2.05, 4.69) is 20.4 Å². The second kappa shape index (κ2) is 4.44. The molecule has 2 aromatic heterocycles. The average molecular weight is 247 g/mol. The normalized spacial score (nSPS) is 10.4. The molecule has 0 unspecified atom stereocenters. The van der Waals surface area contributed by atoms with Crippen molar-refractivity contribution in [2.24, 2.45) is 0 Å². The highest BCUT2D eigenvalue weighted by molar-refractivity contribution is 5.94. The van der Waals surface area contributed by atoms with E-state index in [0.717, 1.165) is 0 Å². The number of aromatic nitrogens is 4. The predicted molar refractivity (Wildman–Crippen MR) is 64.8 cm³/mol. The van der Waals surface area contributed by atoms with Crippen molar-refractivity contribution in [3.63, 3.8) is 0 Å². The maximum Gasteiger partial charge on any atom is 0.254 e. The molecule has 94 valence electrons. The molecule has 0 aliphatic carbocycles. The first-order valence-electron chi connectivity index (χ1n) is 5.38. The SMILES string of the molecule is CNC(=O)c1cnn(-c2nc(C)cc(=O)[nH]2)c1C. The Morgan fingerprint density at radius 1 is 1.44 bits per heavy atom. The Labute approximate surface area is 103 Å². The van der Waals surface area contributed by atoms with E-state index in [4.69, 9.17) is 0 Å². The molecule has 2 rings (SSSR count). The van der Waals surface area contributed by atoms with Gasteiger partial charge in [-0.05, 0) is 13.8 Å². The summed E-state index contributed by atoms with van der Waals surface area (Å²) in [6, 6.07) is 1.39. The molecule has 0 atom stereocenters. The van der Waals surface area contributed by atoms with Gasteiger partial charge in [0, 0.05) is 18.8 Å². The van der Waals surface area contributed by atoms with E-state index in [0.29, 0.717) is 22.9 Å². The predicted octanol–water partition coefficient (Wildman–Crippen LogP) is -0.0680. The molecule has 0 aliphatic rings. The van der Waals surface area contributed by atoms with E-state index >= 15 is 0 Å². The molecule has 0 radical (unpaired) electrons. The molecule has 1 amide bonds. The molecule has 0 aromatic carbocycles. The number of hydrogen-bond donors (Lipinski definition) is 2. The van der Waals surface area contributed by atoms with E-state index in [1.165, 1.54) is 16.9 Å². The van der Waals surface area contributed by atoms with E-state index in [1.807, 2.05) is 0 Å². The molecule has 7 heteroatoms. The Hall–Kier alpha value is -2.44. The van der Waals surface area contributed by atoms with Crippen LogP contribution in [0.1, 0.15) is 21.7 Å². The standard InChI is InChI=1S/C11H13N5O2/c1-6-4-9(17)15-11(14-6)16-7(2)8(5-13-16)10(18)12-3/h4-5H,1-3H3,(H,12,18)(H,14,15,17). The molecule has 2 heterocycles. The fourth-order valence-electron chi connectivity index (χ4n) is 1.64. The van der Waals surface area contributed by atoms with Gasteiger partial charge in [0.2, 0.25) is 5.95 Å². The molecule has 18 heavy (non-hydrogen) atoms. The Morgan fingerprint density at radius 2 is 2.17 bits per heavy atom. The van der Waals surface area contributed by atoms with E-state index in [-0.39, 0.29) is 11.5 Å². The van der Waals surface area contributed by atoms with Gasteiger partial charge in [0.25, 0.3) is 11.5 Å². The van der Waals surface area contributed by atoms with Crippen LogP contribution in [-0.2, 0) is 0 Å². The first-order chi connectivity index (χ1) is 8.52. The first-order valence-corrected chi connectivity index (χ1v) is 5.38. The summed E-state index contributed by atoms with van der Waals surface area (Å²) in [6.07, 6.45) is 1.44. The lowest BCUT2D eigenvalue weighted by molar-refractivity contribution is 0.0962. The van der Waals surface area contributed by atoms with Crippen LogP contribution >= 0.6 is 0 Å². The Kier molecular flexibility index (Phi) is 2.97. The Balaban J connectivity index is 2.55. The molecular weight excluding hydrogens is 234 g/mol. The summed E-state index contributed by atoms with van der Waals surface area (Å²) in [5.41, 5.74) is 1.39. The number of nitrogens with zero attached hydrogens (tertiary/aromatic N) is 3. The topological polar surface area (TPSA) is 92.7 Å². The van der Waals surface area contributed by atoms with Crippen LogP contribution in [0.4, 0.5) is 0 Å². The Bertz CT molecular complexity index is 656. The molecule has 7 nitrogen and oxygen atoms in total. The lowest BCUT2D eigenvalue weighted by Gasteiger charge is -2.04. The van der Waals surface area contributed by atoms with Gasteiger partial charge >= 0.3 is 0 Å². The molecule has 0 saturated heterocycles. The fourth-order valence-corrected chi connectivity index (χ4v) is 1.64. The minimum Gasteiger partial charge on any atom is -0.355 e. The molecule has 2 N–H and O–H groups in total. The van der Waals surface area contributed by atoms with Gasteiger partial charge in [-0.25, -0.2) is 9.67 Å². The second-order valence-electron chi connectivity index (χ2n) is 3.84. The molecule has 0 spiro atoms. The van der Waals surface area contributed by atoms with E-state index in [1.54, 1.807) is 20.9 Å². The third kappa shape index (κ3) is 2.02. The molecular formula is C11H13N5O2. The number of aromatic amines is 1. The zero-order chi connectivity index (χ0) is 13.3. The number of carbonyl (C=O) groups is 1. The van der Waals surface area contributed by atoms with Crippen LogP contribution in [0.5, 0.6) is 0 Å². The van der Waals surface area contributed by atoms with Crippen LogP contribution in [0.3, 0.4) is 0 Å². The molecule has 0 bridgehead atoms. The van der Waals surface area contributed by atoms with E-state index < -0.39 is 0 Å². The summed E-state index contributed by atoms with van der Waals surface area (Å²) in [7, 11) is 1.55. The van der Waals surface area contributed by atoms with Crippen LogP contribution in [0.25, 0.3) is 5.95 Å². The van der Waals surface area contributed by atoms with Crippen molar-refractivity contribution >= 4 is 5.91 Å². The third-order valence-corrected chi connectivity index (χ3v) is 2.54. The highest BCUT2D eigenvalue weighted by Gasteiger charge is 2.14. The summed E-state index contributed by atoms with van der Waals surface area (Å²) >= 11 is 0. The number of amides is 1. The van der Waals surface area contributed by atoms with Crippen LogP contribution in [0.15, 0.2) is 17.1 Å². The average Bonchev–Trinajstić information content (AvgIpc) is 2.69. The third-order valence-electron chi connectivity index (χ3n) is 2.54. The number of H-pyrrole nitrogens is 1. The van der Waals surface area contributed by atoms with Gasteiger partial charge in [-0.15, -0.1) is 0 Å². The minimum absolute atomic E-state index is 0.228. The summed E-state index contributed by atoms with van der Waals surface area (Å²) in [5.74, 6) is 0.0707. The van der Waals surface area contributed by atoms with E-state index in [9.17, 15) is 9.59 Å². The molecule has 2 aromatic rings. The quantitative estimate of drug-likeness (QED) is 0.777. The van der Waals surface area contributed by atoms with Crippen molar-refractivity contribution in [2.75, 3.05) is 7.05 Å². The number of aryl methyl sites for hydroxylation is 1.